The topological polar surface area (TPSA) is 98.0 Å². The molecule has 1 aromatic rings. The number of carbonyl (C=O) groups is 1. The molecular formula is C17H28ClIN4O3. The van der Waals surface area contributed by atoms with Crippen molar-refractivity contribution in [2.75, 3.05) is 25.5 Å². The SMILES string of the molecule is COc1ccc(NC(N)=NCCCCNC(=O)OC(C)(C)C)cc1Cl.I. The van der Waals surface area contributed by atoms with Gasteiger partial charge < -0.3 is 25.8 Å². The standard InChI is InChI=1S/C17H27ClN4O3.HI/c1-17(2,3)25-16(23)21-10-6-5-9-20-15(19)22-12-7-8-14(24-4)13(18)11-12;/h7-8,11H,5-6,9-10H2,1-4H3,(H,21,23)(H3,19,20,22);1H. The molecule has 1 amide bonds. The molecule has 1 rings (SSSR count). The van der Waals surface area contributed by atoms with Gasteiger partial charge in [-0.05, 0) is 51.8 Å². The summed E-state index contributed by atoms with van der Waals surface area (Å²) >= 11 is 6.05. The van der Waals surface area contributed by atoms with E-state index < -0.39 is 11.7 Å². The number of methoxy groups -OCH3 is 1. The van der Waals surface area contributed by atoms with Crippen LogP contribution in [0.1, 0.15) is 33.6 Å². The number of benzene rings is 1. The van der Waals surface area contributed by atoms with Crippen LogP contribution in [0.2, 0.25) is 5.02 Å². The largest absolute Gasteiger partial charge is 0.495 e. The molecule has 0 aliphatic carbocycles. The maximum absolute atomic E-state index is 11.5. The first-order valence-corrected chi connectivity index (χ1v) is 8.46. The van der Waals surface area contributed by atoms with Gasteiger partial charge in [0.05, 0.1) is 12.1 Å². The van der Waals surface area contributed by atoms with E-state index in [1.54, 1.807) is 25.3 Å². The molecule has 0 bridgehead atoms. The smallest absolute Gasteiger partial charge is 0.407 e. The van der Waals surface area contributed by atoms with Crippen molar-refractivity contribution in [3.8, 4) is 5.75 Å². The molecule has 7 nitrogen and oxygen atoms in total. The van der Waals surface area contributed by atoms with Crippen LogP contribution in [0, 0.1) is 0 Å². The fraction of sp³-hybridized carbons (Fsp3) is 0.529. The van der Waals surface area contributed by atoms with E-state index in [9.17, 15) is 4.79 Å². The molecule has 0 fully saturated rings. The van der Waals surface area contributed by atoms with E-state index in [1.165, 1.54) is 0 Å². The van der Waals surface area contributed by atoms with Crippen LogP contribution in [0.3, 0.4) is 0 Å². The highest BCUT2D eigenvalue weighted by molar-refractivity contribution is 14.0. The second-order valence-corrected chi connectivity index (χ2v) is 6.78. The number of nitrogens with zero attached hydrogens (tertiary/aromatic N) is 1. The number of hydrogen-bond acceptors (Lipinski definition) is 4. The van der Waals surface area contributed by atoms with E-state index >= 15 is 0 Å². The van der Waals surface area contributed by atoms with Crippen LogP contribution in [0.15, 0.2) is 23.2 Å². The number of nitrogens with one attached hydrogen (secondary N) is 2. The number of alkyl carbamates (subject to hydrolysis) is 1. The van der Waals surface area contributed by atoms with Gasteiger partial charge in [-0.2, -0.15) is 0 Å². The summed E-state index contributed by atoms with van der Waals surface area (Å²) in [5.41, 5.74) is 6.08. The van der Waals surface area contributed by atoms with Crippen LogP contribution in [-0.2, 0) is 4.74 Å². The van der Waals surface area contributed by atoms with Crippen molar-refractivity contribution < 1.29 is 14.3 Å². The Balaban J connectivity index is 0.00000625. The fourth-order valence-electron chi connectivity index (χ4n) is 1.87. The summed E-state index contributed by atoms with van der Waals surface area (Å²) in [7, 11) is 1.56. The minimum absolute atomic E-state index is 0. The Hall–Kier alpha value is -1.42. The highest BCUT2D eigenvalue weighted by Gasteiger charge is 2.15. The van der Waals surface area contributed by atoms with Gasteiger partial charge in [-0.3, -0.25) is 4.99 Å². The number of amides is 1. The maximum atomic E-state index is 11.5. The Morgan fingerprint density at radius 3 is 2.58 bits per heavy atom. The van der Waals surface area contributed by atoms with Gasteiger partial charge in [-0.25, -0.2) is 4.79 Å². The number of ether oxygens (including phenoxy) is 2. The average Bonchev–Trinajstić information content (AvgIpc) is 2.49. The van der Waals surface area contributed by atoms with Crippen LogP contribution in [0.25, 0.3) is 0 Å². The van der Waals surface area contributed by atoms with Crippen molar-refractivity contribution in [3.05, 3.63) is 23.2 Å². The van der Waals surface area contributed by atoms with Crippen molar-refractivity contribution in [2.45, 2.75) is 39.2 Å². The molecule has 0 aromatic heterocycles. The molecule has 0 spiro atoms. The first-order valence-electron chi connectivity index (χ1n) is 8.08. The molecule has 1 aromatic carbocycles. The lowest BCUT2D eigenvalue weighted by Gasteiger charge is -2.19. The van der Waals surface area contributed by atoms with Crippen LogP contribution in [0.4, 0.5) is 10.5 Å². The van der Waals surface area contributed by atoms with Gasteiger partial charge in [0.1, 0.15) is 11.4 Å². The summed E-state index contributed by atoms with van der Waals surface area (Å²) < 4.78 is 10.2. The summed E-state index contributed by atoms with van der Waals surface area (Å²) in [6.07, 6.45) is 1.17. The van der Waals surface area contributed by atoms with E-state index in [1.807, 2.05) is 20.8 Å². The van der Waals surface area contributed by atoms with Crippen LogP contribution >= 0.6 is 35.6 Å². The third-order valence-electron chi connectivity index (χ3n) is 2.96. The number of carbonyl (C=O) groups excluding carboxylic acids is 1. The molecule has 0 saturated carbocycles. The van der Waals surface area contributed by atoms with Gasteiger partial charge in [-0.1, -0.05) is 11.6 Å². The molecule has 0 aliphatic heterocycles. The summed E-state index contributed by atoms with van der Waals surface area (Å²) in [5.74, 6) is 0.904. The molecule has 0 radical (unpaired) electrons. The zero-order chi connectivity index (χ0) is 18.9. The number of hydrogen-bond donors (Lipinski definition) is 3. The highest BCUT2D eigenvalue weighted by Crippen LogP contribution is 2.26. The molecule has 26 heavy (non-hydrogen) atoms. The van der Waals surface area contributed by atoms with E-state index in [0.717, 1.165) is 18.5 Å². The van der Waals surface area contributed by atoms with Crippen molar-refractivity contribution in [2.24, 2.45) is 10.7 Å². The monoisotopic (exact) mass is 498 g/mol. The van der Waals surface area contributed by atoms with Crippen molar-refractivity contribution >= 4 is 53.3 Å². The number of guanidine groups is 1. The number of anilines is 1. The van der Waals surface area contributed by atoms with Gasteiger partial charge in [0.2, 0.25) is 0 Å². The zero-order valence-corrected chi connectivity index (χ0v) is 18.7. The predicted octanol–water partition coefficient (Wildman–Crippen LogP) is 4.00. The number of unbranched alkanes of at least 4 members (excludes halogenated alkanes) is 1. The Morgan fingerprint density at radius 2 is 2.00 bits per heavy atom. The summed E-state index contributed by atoms with van der Waals surface area (Å²) in [4.78, 5) is 15.7. The molecule has 0 atom stereocenters. The number of halogens is 2. The normalized spacial score (nSPS) is 11.3. The number of aliphatic imine (C=N–C) groups is 1. The molecular weight excluding hydrogens is 471 g/mol. The van der Waals surface area contributed by atoms with Gasteiger partial charge in [0.15, 0.2) is 5.96 Å². The van der Waals surface area contributed by atoms with Gasteiger partial charge in [-0.15, -0.1) is 24.0 Å². The predicted molar refractivity (Wildman–Crippen MR) is 117 cm³/mol. The van der Waals surface area contributed by atoms with Crippen LogP contribution in [0.5, 0.6) is 5.75 Å². The van der Waals surface area contributed by atoms with Crippen LogP contribution < -0.4 is 21.1 Å². The second kappa shape index (κ2) is 12.1. The lowest BCUT2D eigenvalue weighted by Crippen LogP contribution is -2.33. The van der Waals surface area contributed by atoms with E-state index in [-0.39, 0.29) is 24.0 Å². The average molecular weight is 499 g/mol. The van der Waals surface area contributed by atoms with Gasteiger partial charge in [0, 0.05) is 18.8 Å². The van der Waals surface area contributed by atoms with E-state index in [0.29, 0.717) is 29.8 Å². The summed E-state index contributed by atoms with van der Waals surface area (Å²) in [6, 6.07) is 5.27. The fourth-order valence-corrected chi connectivity index (χ4v) is 2.13. The number of rotatable bonds is 7. The van der Waals surface area contributed by atoms with E-state index in [4.69, 9.17) is 26.8 Å². The Kier molecular flexibility index (Phi) is 11.4. The molecule has 0 saturated heterocycles. The quantitative estimate of drug-likeness (QED) is 0.228. The maximum Gasteiger partial charge on any atom is 0.407 e. The lowest BCUT2D eigenvalue weighted by molar-refractivity contribution is 0.0527. The Labute approximate surface area is 177 Å². The zero-order valence-electron chi connectivity index (χ0n) is 15.6. The molecule has 0 heterocycles. The summed E-state index contributed by atoms with van der Waals surface area (Å²) in [6.45, 7) is 6.57. The molecule has 148 valence electrons. The first kappa shape index (κ1) is 24.6. The lowest BCUT2D eigenvalue weighted by atomic mass is 10.2. The minimum atomic E-state index is -0.487. The molecule has 4 N–H and O–H groups in total. The first-order chi connectivity index (χ1) is 11.7. The van der Waals surface area contributed by atoms with E-state index in [2.05, 4.69) is 15.6 Å². The number of nitrogens with two attached hydrogens (primary N) is 1. The van der Waals surface area contributed by atoms with Crippen molar-refractivity contribution in [3.63, 3.8) is 0 Å². The second-order valence-electron chi connectivity index (χ2n) is 6.38. The third kappa shape index (κ3) is 10.5. The third-order valence-corrected chi connectivity index (χ3v) is 3.25. The van der Waals surface area contributed by atoms with Crippen LogP contribution in [-0.4, -0.2) is 37.9 Å². The molecule has 0 unspecified atom stereocenters. The molecule has 9 heteroatoms. The molecule has 0 aliphatic rings. The summed E-state index contributed by atoms with van der Waals surface area (Å²) in [5, 5.41) is 6.16. The Morgan fingerprint density at radius 1 is 1.31 bits per heavy atom. The minimum Gasteiger partial charge on any atom is -0.495 e. The highest BCUT2D eigenvalue weighted by atomic mass is 127. The van der Waals surface area contributed by atoms with Crippen molar-refractivity contribution in [1.82, 2.24) is 5.32 Å². The Bertz CT molecular complexity index is 606. The van der Waals surface area contributed by atoms with Crippen molar-refractivity contribution in [1.29, 1.82) is 0 Å². The van der Waals surface area contributed by atoms with Gasteiger partial charge >= 0.3 is 6.09 Å². The van der Waals surface area contributed by atoms with Gasteiger partial charge in [0.25, 0.3) is 0 Å².